The van der Waals surface area contributed by atoms with Crippen LogP contribution in [-0.4, -0.2) is 23.4 Å². The maximum Gasteiger partial charge on any atom is 0.0818 e. The summed E-state index contributed by atoms with van der Waals surface area (Å²) in [4.78, 5) is 0. The van der Waals surface area contributed by atoms with Crippen molar-refractivity contribution < 1.29 is 9.84 Å². The van der Waals surface area contributed by atoms with Crippen LogP contribution in [-0.2, 0) is 4.74 Å². The summed E-state index contributed by atoms with van der Waals surface area (Å²) in [7, 11) is 0. The molecule has 2 rings (SSSR count). The van der Waals surface area contributed by atoms with Gasteiger partial charge in [-0.05, 0) is 12.8 Å². The molecule has 2 nitrogen and oxygen atoms in total. The molecule has 1 unspecified atom stereocenters. The minimum absolute atomic E-state index is 0.171. The standard InChI is InChI=1S/C9H14O2/c1-2-8(10)7-5-6-3-4-9(7)11-6/h3-4,6-10H,2,5H2,1H3/t6-,7-,8?,9+/m1/s1. The number of rotatable bonds is 2. The minimum atomic E-state index is -0.171. The first-order valence-electron chi connectivity index (χ1n) is 4.33. The molecule has 2 aliphatic heterocycles. The van der Waals surface area contributed by atoms with E-state index in [-0.39, 0.29) is 12.2 Å². The average molecular weight is 154 g/mol. The fourth-order valence-corrected chi connectivity index (χ4v) is 1.98. The molecule has 0 aromatic carbocycles. The summed E-state index contributed by atoms with van der Waals surface area (Å²) >= 11 is 0. The highest BCUT2D eigenvalue weighted by atomic mass is 16.5. The first-order valence-corrected chi connectivity index (χ1v) is 4.33. The van der Waals surface area contributed by atoms with Crippen molar-refractivity contribution in [1.82, 2.24) is 0 Å². The van der Waals surface area contributed by atoms with Crippen LogP contribution in [0.2, 0.25) is 0 Å². The van der Waals surface area contributed by atoms with Crippen LogP contribution in [0.25, 0.3) is 0 Å². The van der Waals surface area contributed by atoms with Crippen molar-refractivity contribution in [1.29, 1.82) is 0 Å². The van der Waals surface area contributed by atoms with Gasteiger partial charge in [0, 0.05) is 5.92 Å². The van der Waals surface area contributed by atoms with E-state index < -0.39 is 0 Å². The zero-order valence-electron chi connectivity index (χ0n) is 6.73. The molecule has 2 aliphatic rings. The fraction of sp³-hybridized carbons (Fsp3) is 0.778. The molecule has 0 saturated carbocycles. The number of hydrogen-bond acceptors (Lipinski definition) is 2. The molecular weight excluding hydrogens is 140 g/mol. The van der Waals surface area contributed by atoms with Crippen LogP contribution in [0.1, 0.15) is 19.8 Å². The third kappa shape index (κ3) is 1.10. The van der Waals surface area contributed by atoms with Gasteiger partial charge in [0.2, 0.25) is 0 Å². The predicted molar refractivity (Wildman–Crippen MR) is 42.2 cm³/mol. The van der Waals surface area contributed by atoms with E-state index in [4.69, 9.17) is 4.74 Å². The second kappa shape index (κ2) is 2.61. The molecule has 11 heavy (non-hydrogen) atoms. The van der Waals surface area contributed by atoms with Crippen LogP contribution >= 0.6 is 0 Å². The zero-order valence-corrected chi connectivity index (χ0v) is 6.73. The van der Waals surface area contributed by atoms with Gasteiger partial charge in [-0.3, -0.25) is 0 Å². The van der Waals surface area contributed by atoms with Crippen LogP contribution in [0.15, 0.2) is 12.2 Å². The van der Waals surface area contributed by atoms with E-state index in [1.807, 2.05) is 6.92 Å². The van der Waals surface area contributed by atoms with E-state index in [0.717, 1.165) is 12.8 Å². The normalized spacial score (nSPS) is 43.3. The summed E-state index contributed by atoms with van der Waals surface area (Å²) in [6.07, 6.45) is 6.36. The lowest BCUT2D eigenvalue weighted by Crippen LogP contribution is -2.26. The van der Waals surface area contributed by atoms with Crippen molar-refractivity contribution >= 4 is 0 Å². The van der Waals surface area contributed by atoms with Gasteiger partial charge in [0.05, 0.1) is 18.3 Å². The predicted octanol–water partition coefficient (Wildman–Crippen LogP) is 1.10. The molecular formula is C9H14O2. The van der Waals surface area contributed by atoms with Gasteiger partial charge in [0.1, 0.15) is 0 Å². The second-order valence-electron chi connectivity index (χ2n) is 3.40. The molecule has 1 saturated heterocycles. The monoisotopic (exact) mass is 154 g/mol. The van der Waals surface area contributed by atoms with Gasteiger partial charge in [-0.15, -0.1) is 0 Å². The van der Waals surface area contributed by atoms with Crippen LogP contribution in [0.3, 0.4) is 0 Å². The minimum Gasteiger partial charge on any atom is -0.393 e. The molecule has 0 aromatic rings. The molecule has 0 aromatic heterocycles. The zero-order chi connectivity index (χ0) is 7.84. The van der Waals surface area contributed by atoms with Crippen LogP contribution < -0.4 is 0 Å². The molecule has 0 aliphatic carbocycles. The van der Waals surface area contributed by atoms with E-state index >= 15 is 0 Å². The highest BCUT2D eigenvalue weighted by molar-refractivity contribution is 5.11. The molecule has 0 radical (unpaired) electrons. The number of fused-ring (bicyclic) bond motifs is 2. The molecule has 1 fully saturated rings. The van der Waals surface area contributed by atoms with E-state index in [1.54, 1.807) is 0 Å². The van der Waals surface area contributed by atoms with Crippen molar-refractivity contribution in [2.75, 3.05) is 0 Å². The number of hydrogen-bond donors (Lipinski definition) is 1. The van der Waals surface area contributed by atoms with Gasteiger partial charge < -0.3 is 9.84 Å². The maximum absolute atomic E-state index is 9.57. The van der Waals surface area contributed by atoms with Crippen LogP contribution in [0.4, 0.5) is 0 Å². The van der Waals surface area contributed by atoms with Gasteiger partial charge in [0.15, 0.2) is 0 Å². The molecule has 1 N–H and O–H groups in total. The lowest BCUT2D eigenvalue weighted by Gasteiger charge is -2.20. The van der Waals surface area contributed by atoms with Crippen molar-refractivity contribution in [2.45, 2.75) is 38.1 Å². The quantitative estimate of drug-likeness (QED) is 0.603. The van der Waals surface area contributed by atoms with Crippen molar-refractivity contribution in [3.8, 4) is 0 Å². The van der Waals surface area contributed by atoms with Gasteiger partial charge in [0.25, 0.3) is 0 Å². The Morgan fingerprint density at radius 1 is 1.64 bits per heavy atom. The topological polar surface area (TPSA) is 29.5 Å². The molecule has 0 amide bonds. The third-order valence-electron chi connectivity index (χ3n) is 2.69. The van der Waals surface area contributed by atoms with Crippen LogP contribution in [0.5, 0.6) is 0 Å². The highest BCUT2D eigenvalue weighted by Gasteiger charge is 2.39. The van der Waals surface area contributed by atoms with E-state index in [2.05, 4.69) is 12.2 Å². The van der Waals surface area contributed by atoms with Gasteiger partial charge >= 0.3 is 0 Å². The Balaban J connectivity index is 2.02. The molecule has 62 valence electrons. The Morgan fingerprint density at radius 3 is 2.91 bits per heavy atom. The Morgan fingerprint density at radius 2 is 2.45 bits per heavy atom. The lowest BCUT2D eigenvalue weighted by atomic mass is 9.88. The van der Waals surface area contributed by atoms with Gasteiger partial charge in [-0.2, -0.15) is 0 Å². The smallest absolute Gasteiger partial charge is 0.0818 e. The lowest BCUT2D eigenvalue weighted by molar-refractivity contribution is 0.0545. The van der Waals surface area contributed by atoms with Gasteiger partial charge in [-0.25, -0.2) is 0 Å². The van der Waals surface area contributed by atoms with Crippen molar-refractivity contribution in [3.05, 3.63) is 12.2 Å². The van der Waals surface area contributed by atoms with Crippen molar-refractivity contribution in [2.24, 2.45) is 5.92 Å². The van der Waals surface area contributed by atoms with Crippen molar-refractivity contribution in [3.63, 3.8) is 0 Å². The first-order chi connectivity index (χ1) is 5.31. The summed E-state index contributed by atoms with van der Waals surface area (Å²) in [5.41, 5.74) is 0. The molecule has 2 heterocycles. The second-order valence-corrected chi connectivity index (χ2v) is 3.40. The Hall–Kier alpha value is -0.340. The van der Waals surface area contributed by atoms with E-state index in [1.165, 1.54) is 0 Å². The molecule has 2 bridgehead atoms. The van der Waals surface area contributed by atoms with E-state index in [9.17, 15) is 5.11 Å². The van der Waals surface area contributed by atoms with Gasteiger partial charge in [-0.1, -0.05) is 19.1 Å². The first kappa shape index (κ1) is 7.32. The largest absolute Gasteiger partial charge is 0.393 e. The number of ether oxygens (including phenoxy) is 1. The third-order valence-corrected chi connectivity index (χ3v) is 2.69. The SMILES string of the molecule is CCC(O)[C@H]1C[C@H]2C=C[C@@H]1O2. The number of aliphatic hydroxyl groups excluding tert-OH is 1. The summed E-state index contributed by atoms with van der Waals surface area (Å²) in [6.45, 7) is 2.01. The Labute approximate surface area is 66.9 Å². The molecule has 2 heteroatoms. The summed E-state index contributed by atoms with van der Waals surface area (Å²) < 4.78 is 5.54. The van der Waals surface area contributed by atoms with E-state index in [0.29, 0.717) is 12.0 Å². The highest BCUT2D eigenvalue weighted by Crippen LogP contribution is 2.36. The summed E-state index contributed by atoms with van der Waals surface area (Å²) in [6, 6.07) is 0. The molecule has 0 spiro atoms. The Kier molecular flexibility index (Phi) is 1.74. The van der Waals surface area contributed by atoms with Crippen LogP contribution in [0, 0.1) is 5.92 Å². The number of aliphatic hydroxyl groups is 1. The maximum atomic E-state index is 9.57. The Bertz CT molecular complexity index is 176. The summed E-state index contributed by atoms with van der Waals surface area (Å²) in [5.74, 6) is 0.356. The summed E-state index contributed by atoms with van der Waals surface area (Å²) in [5, 5.41) is 9.57. The molecule has 4 atom stereocenters. The fourth-order valence-electron chi connectivity index (χ4n) is 1.98. The average Bonchev–Trinajstić information content (AvgIpc) is 2.62.